The Kier molecular flexibility index (Phi) is 4.67. The van der Waals surface area contributed by atoms with Crippen LogP contribution in [0.1, 0.15) is 27.0 Å². The molecular formula is C18H17F3N2O2. The maximum absolute atomic E-state index is 12.5. The lowest BCUT2D eigenvalue weighted by atomic mass is 10.1. The summed E-state index contributed by atoms with van der Waals surface area (Å²) in [6.45, 7) is 1.55. The molecule has 2 aromatic rings. The maximum atomic E-state index is 12.5. The van der Waals surface area contributed by atoms with E-state index in [0.717, 1.165) is 17.7 Å². The van der Waals surface area contributed by atoms with Crippen molar-refractivity contribution < 1.29 is 22.7 Å². The van der Waals surface area contributed by atoms with E-state index >= 15 is 0 Å². The Labute approximate surface area is 143 Å². The van der Waals surface area contributed by atoms with Crippen molar-refractivity contribution in [3.8, 4) is 5.75 Å². The van der Waals surface area contributed by atoms with Gasteiger partial charge in [-0.3, -0.25) is 4.79 Å². The van der Waals surface area contributed by atoms with Gasteiger partial charge in [-0.05, 0) is 35.4 Å². The second-order valence-corrected chi connectivity index (χ2v) is 5.82. The molecular weight excluding hydrogens is 333 g/mol. The topological polar surface area (TPSA) is 55.6 Å². The number of halogens is 3. The van der Waals surface area contributed by atoms with Gasteiger partial charge in [0.1, 0.15) is 12.4 Å². The SMILES string of the molecule is NCCN1Cc2ccc(OCc3ccc(C(F)(F)F)cc3)cc2C1=O. The fraction of sp³-hybridized carbons (Fsp3) is 0.278. The maximum Gasteiger partial charge on any atom is 0.416 e. The molecule has 0 spiro atoms. The zero-order valence-electron chi connectivity index (χ0n) is 13.3. The summed E-state index contributed by atoms with van der Waals surface area (Å²) in [5.41, 5.74) is 6.92. The minimum atomic E-state index is -4.35. The number of hydrogen-bond donors (Lipinski definition) is 1. The predicted octanol–water partition coefficient (Wildman–Crippen LogP) is 3.20. The van der Waals surface area contributed by atoms with Gasteiger partial charge in [-0.15, -0.1) is 0 Å². The van der Waals surface area contributed by atoms with Crippen LogP contribution in [-0.4, -0.2) is 23.9 Å². The number of hydrogen-bond acceptors (Lipinski definition) is 3. The van der Waals surface area contributed by atoms with Crippen LogP contribution in [0.3, 0.4) is 0 Å². The number of carbonyl (C=O) groups excluding carboxylic acids is 1. The molecule has 7 heteroatoms. The zero-order chi connectivity index (χ0) is 18.0. The third-order valence-electron chi connectivity index (χ3n) is 4.05. The first-order valence-corrected chi connectivity index (χ1v) is 7.79. The molecule has 0 bridgehead atoms. The molecule has 0 saturated carbocycles. The lowest BCUT2D eigenvalue weighted by Gasteiger charge is -2.13. The standard InChI is InChI=1S/C18H17F3N2O2/c19-18(20,21)14-4-1-12(2-5-14)11-25-15-6-3-13-10-23(8-7-22)17(24)16(13)9-15/h1-6,9H,7-8,10-11,22H2. The van der Waals surface area contributed by atoms with E-state index in [0.29, 0.717) is 36.5 Å². The normalized spacial score (nSPS) is 13.9. The Bertz CT molecular complexity index is 773. The van der Waals surface area contributed by atoms with Crippen molar-refractivity contribution in [3.05, 3.63) is 64.7 Å². The Hall–Kier alpha value is -2.54. The van der Waals surface area contributed by atoms with Crippen LogP contribution in [-0.2, 0) is 19.3 Å². The third kappa shape index (κ3) is 3.76. The summed E-state index contributed by atoms with van der Waals surface area (Å²) in [7, 11) is 0. The van der Waals surface area contributed by atoms with E-state index in [1.807, 2.05) is 6.07 Å². The highest BCUT2D eigenvalue weighted by Gasteiger charge is 2.30. The monoisotopic (exact) mass is 350 g/mol. The number of rotatable bonds is 5. The second-order valence-electron chi connectivity index (χ2n) is 5.82. The number of nitrogens with two attached hydrogens (primary N) is 1. The van der Waals surface area contributed by atoms with Crippen LogP contribution in [0.15, 0.2) is 42.5 Å². The summed E-state index contributed by atoms with van der Waals surface area (Å²) in [4.78, 5) is 13.9. The van der Waals surface area contributed by atoms with E-state index < -0.39 is 11.7 Å². The van der Waals surface area contributed by atoms with Gasteiger partial charge in [0.25, 0.3) is 5.91 Å². The van der Waals surface area contributed by atoms with Gasteiger partial charge in [0.05, 0.1) is 5.56 Å². The van der Waals surface area contributed by atoms with E-state index in [2.05, 4.69) is 0 Å². The average molecular weight is 350 g/mol. The van der Waals surface area contributed by atoms with E-state index in [-0.39, 0.29) is 12.5 Å². The minimum Gasteiger partial charge on any atom is -0.489 e. The van der Waals surface area contributed by atoms with Crippen molar-refractivity contribution in [2.24, 2.45) is 5.73 Å². The highest BCUT2D eigenvalue weighted by Crippen LogP contribution is 2.30. The van der Waals surface area contributed by atoms with Gasteiger partial charge in [0.2, 0.25) is 0 Å². The van der Waals surface area contributed by atoms with Crippen LogP contribution in [0.25, 0.3) is 0 Å². The minimum absolute atomic E-state index is 0.0829. The molecule has 1 aliphatic heterocycles. The number of nitrogens with zero attached hydrogens (tertiary/aromatic N) is 1. The number of alkyl halides is 3. The molecule has 0 atom stereocenters. The smallest absolute Gasteiger partial charge is 0.416 e. The van der Waals surface area contributed by atoms with E-state index in [1.54, 1.807) is 17.0 Å². The van der Waals surface area contributed by atoms with Crippen molar-refractivity contribution in [1.82, 2.24) is 4.90 Å². The van der Waals surface area contributed by atoms with Crippen LogP contribution in [0, 0.1) is 0 Å². The third-order valence-corrected chi connectivity index (χ3v) is 4.05. The molecule has 1 amide bonds. The molecule has 1 aliphatic rings. The molecule has 0 unspecified atom stereocenters. The summed E-state index contributed by atoms with van der Waals surface area (Å²) < 4.78 is 43.2. The van der Waals surface area contributed by atoms with Crippen LogP contribution in [0.5, 0.6) is 5.75 Å². The predicted molar refractivity (Wildman–Crippen MR) is 86.0 cm³/mol. The Morgan fingerprint density at radius 2 is 1.84 bits per heavy atom. The molecule has 0 aliphatic carbocycles. The van der Waals surface area contributed by atoms with Crippen molar-refractivity contribution in [3.63, 3.8) is 0 Å². The van der Waals surface area contributed by atoms with Crippen molar-refractivity contribution in [2.45, 2.75) is 19.3 Å². The molecule has 4 nitrogen and oxygen atoms in total. The number of ether oxygens (including phenoxy) is 1. The van der Waals surface area contributed by atoms with Crippen molar-refractivity contribution in [1.29, 1.82) is 0 Å². The molecule has 1 heterocycles. The van der Waals surface area contributed by atoms with Crippen LogP contribution < -0.4 is 10.5 Å². The highest BCUT2D eigenvalue weighted by atomic mass is 19.4. The Morgan fingerprint density at radius 1 is 1.12 bits per heavy atom. The van der Waals surface area contributed by atoms with Crippen LogP contribution in [0.4, 0.5) is 13.2 Å². The number of fused-ring (bicyclic) bond motifs is 1. The zero-order valence-corrected chi connectivity index (χ0v) is 13.3. The van der Waals surface area contributed by atoms with Gasteiger partial charge in [0.15, 0.2) is 0 Å². The lowest BCUT2D eigenvalue weighted by Crippen LogP contribution is -2.29. The number of carbonyl (C=O) groups is 1. The summed E-state index contributed by atoms with van der Waals surface area (Å²) in [5.74, 6) is 0.419. The largest absolute Gasteiger partial charge is 0.489 e. The summed E-state index contributed by atoms with van der Waals surface area (Å²) >= 11 is 0. The van der Waals surface area contributed by atoms with E-state index in [9.17, 15) is 18.0 Å². The molecule has 0 saturated heterocycles. The molecule has 25 heavy (non-hydrogen) atoms. The lowest BCUT2D eigenvalue weighted by molar-refractivity contribution is -0.137. The first kappa shape index (κ1) is 17.3. The van der Waals surface area contributed by atoms with Gasteiger partial charge in [-0.25, -0.2) is 0 Å². The fourth-order valence-electron chi connectivity index (χ4n) is 2.72. The molecule has 0 aromatic heterocycles. The van der Waals surface area contributed by atoms with Crippen molar-refractivity contribution >= 4 is 5.91 Å². The van der Waals surface area contributed by atoms with Gasteiger partial charge >= 0.3 is 6.18 Å². The van der Waals surface area contributed by atoms with E-state index in [4.69, 9.17) is 10.5 Å². The van der Waals surface area contributed by atoms with E-state index in [1.165, 1.54) is 12.1 Å². The summed E-state index contributed by atoms with van der Waals surface area (Å²) in [5, 5.41) is 0. The fourth-order valence-corrected chi connectivity index (χ4v) is 2.72. The molecule has 0 radical (unpaired) electrons. The Morgan fingerprint density at radius 3 is 2.48 bits per heavy atom. The molecule has 2 aromatic carbocycles. The van der Waals surface area contributed by atoms with Crippen LogP contribution in [0.2, 0.25) is 0 Å². The molecule has 3 rings (SSSR count). The van der Waals surface area contributed by atoms with Gasteiger partial charge in [-0.1, -0.05) is 18.2 Å². The molecule has 0 fully saturated rings. The van der Waals surface area contributed by atoms with Gasteiger partial charge < -0.3 is 15.4 Å². The van der Waals surface area contributed by atoms with Crippen molar-refractivity contribution in [2.75, 3.05) is 13.1 Å². The quantitative estimate of drug-likeness (QED) is 0.901. The summed E-state index contributed by atoms with van der Waals surface area (Å²) in [6.07, 6.45) is -4.35. The van der Waals surface area contributed by atoms with Gasteiger partial charge in [0, 0.05) is 25.2 Å². The number of benzene rings is 2. The van der Waals surface area contributed by atoms with Gasteiger partial charge in [-0.2, -0.15) is 13.2 Å². The number of amides is 1. The highest BCUT2D eigenvalue weighted by molar-refractivity contribution is 5.98. The van der Waals surface area contributed by atoms with Crippen LogP contribution >= 0.6 is 0 Å². The Balaban J connectivity index is 1.66. The first-order valence-electron chi connectivity index (χ1n) is 7.79. The molecule has 132 valence electrons. The second kappa shape index (κ2) is 6.76. The first-order chi connectivity index (χ1) is 11.9. The average Bonchev–Trinajstić information content (AvgIpc) is 2.89. The molecule has 2 N–H and O–H groups in total. The summed E-state index contributed by atoms with van der Waals surface area (Å²) in [6, 6.07) is 10.0.